The van der Waals surface area contributed by atoms with Crippen LogP contribution in [0.5, 0.6) is 0 Å². The first kappa shape index (κ1) is 11.5. The van der Waals surface area contributed by atoms with E-state index in [2.05, 4.69) is 4.98 Å². The van der Waals surface area contributed by atoms with Gasteiger partial charge in [0.05, 0.1) is 30.1 Å². The van der Waals surface area contributed by atoms with Crippen LogP contribution in [0.3, 0.4) is 0 Å². The van der Waals surface area contributed by atoms with E-state index >= 15 is 0 Å². The van der Waals surface area contributed by atoms with Gasteiger partial charge >= 0.3 is 0 Å². The van der Waals surface area contributed by atoms with Crippen molar-refractivity contribution in [3.63, 3.8) is 0 Å². The Hall–Kier alpha value is -1.63. The normalized spacial score (nSPS) is 28.0. The van der Waals surface area contributed by atoms with Gasteiger partial charge < -0.3 is 25.3 Å². The van der Waals surface area contributed by atoms with Crippen molar-refractivity contribution in [2.75, 3.05) is 12.3 Å². The Morgan fingerprint density at radius 1 is 1.50 bits per heavy atom. The smallest absolute Gasteiger partial charge is 0.138 e. The summed E-state index contributed by atoms with van der Waals surface area (Å²) < 4.78 is 7.44. The summed E-state index contributed by atoms with van der Waals surface area (Å²) in [4.78, 5) is 4.26. The van der Waals surface area contributed by atoms with E-state index < -0.39 is 12.2 Å². The molecule has 6 nitrogen and oxygen atoms in total. The Kier molecular flexibility index (Phi) is 2.70. The van der Waals surface area contributed by atoms with Gasteiger partial charge in [0.1, 0.15) is 12.3 Å². The SMILES string of the molecule is Nc1ccc2ncn([C@H]3C[C@H](O)[C@@H](CO)O3)c2c1. The molecule has 1 saturated heterocycles. The molecule has 1 aromatic carbocycles. The van der Waals surface area contributed by atoms with Crippen LogP contribution in [0.15, 0.2) is 24.5 Å². The van der Waals surface area contributed by atoms with Crippen LogP contribution in [0.4, 0.5) is 5.69 Å². The Balaban J connectivity index is 1.98. The quantitative estimate of drug-likeness (QED) is 0.664. The summed E-state index contributed by atoms with van der Waals surface area (Å²) >= 11 is 0. The number of aliphatic hydroxyl groups is 2. The first-order valence-electron chi connectivity index (χ1n) is 5.85. The van der Waals surface area contributed by atoms with Crippen molar-refractivity contribution in [2.24, 2.45) is 0 Å². The lowest BCUT2D eigenvalue weighted by Gasteiger charge is -2.14. The molecule has 3 atom stereocenters. The molecule has 2 heterocycles. The summed E-state index contributed by atoms with van der Waals surface area (Å²) in [7, 11) is 0. The van der Waals surface area contributed by atoms with E-state index in [0.717, 1.165) is 11.0 Å². The fraction of sp³-hybridized carbons (Fsp3) is 0.417. The van der Waals surface area contributed by atoms with Crippen LogP contribution in [0, 0.1) is 0 Å². The number of nitrogens with two attached hydrogens (primary N) is 1. The summed E-state index contributed by atoms with van der Waals surface area (Å²) in [5.41, 5.74) is 8.11. The molecule has 6 heteroatoms. The molecular formula is C12H15N3O3. The number of anilines is 1. The van der Waals surface area contributed by atoms with Crippen molar-refractivity contribution in [1.82, 2.24) is 9.55 Å². The number of rotatable bonds is 2. The number of imidazole rings is 1. The first-order valence-corrected chi connectivity index (χ1v) is 5.85. The minimum Gasteiger partial charge on any atom is -0.399 e. The summed E-state index contributed by atoms with van der Waals surface area (Å²) in [6.45, 7) is -0.188. The highest BCUT2D eigenvalue weighted by atomic mass is 16.5. The van der Waals surface area contributed by atoms with E-state index in [4.69, 9.17) is 15.6 Å². The Morgan fingerprint density at radius 2 is 2.33 bits per heavy atom. The number of nitrogen functional groups attached to an aromatic ring is 1. The highest BCUT2D eigenvalue weighted by Gasteiger charge is 2.34. The number of nitrogens with zero attached hydrogens (tertiary/aromatic N) is 2. The van der Waals surface area contributed by atoms with Crippen LogP contribution in [-0.2, 0) is 4.74 Å². The fourth-order valence-electron chi connectivity index (χ4n) is 2.32. The lowest BCUT2D eigenvalue weighted by molar-refractivity contribution is -0.0430. The van der Waals surface area contributed by atoms with Crippen molar-refractivity contribution in [3.8, 4) is 0 Å². The third kappa shape index (κ3) is 1.74. The predicted octanol–water partition coefficient (Wildman–Crippen LogP) is 0.259. The van der Waals surface area contributed by atoms with Gasteiger partial charge in [0.15, 0.2) is 0 Å². The first-order chi connectivity index (χ1) is 8.69. The molecule has 96 valence electrons. The molecule has 3 rings (SSSR count). The van der Waals surface area contributed by atoms with E-state index in [1.807, 2.05) is 16.7 Å². The van der Waals surface area contributed by atoms with Crippen molar-refractivity contribution < 1.29 is 14.9 Å². The van der Waals surface area contributed by atoms with Gasteiger partial charge in [0, 0.05) is 12.1 Å². The standard InChI is InChI=1S/C12H15N3O3/c13-7-1-2-8-9(3-7)15(6-14-8)12-4-10(17)11(5-16)18-12/h1-3,6,10-12,16-17H,4-5,13H2/t10-,11+,12+/m0/s1. The number of aromatic nitrogens is 2. The van der Waals surface area contributed by atoms with Gasteiger partial charge in [-0.15, -0.1) is 0 Å². The molecule has 0 amide bonds. The minimum absolute atomic E-state index is 0.188. The second kappa shape index (κ2) is 4.24. The zero-order valence-electron chi connectivity index (χ0n) is 9.73. The van der Waals surface area contributed by atoms with Crippen molar-refractivity contribution in [1.29, 1.82) is 0 Å². The molecule has 1 aliphatic heterocycles. The number of fused-ring (bicyclic) bond motifs is 1. The zero-order valence-corrected chi connectivity index (χ0v) is 9.73. The van der Waals surface area contributed by atoms with Crippen molar-refractivity contribution >= 4 is 16.7 Å². The van der Waals surface area contributed by atoms with Crippen LogP contribution in [-0.4, -0.2) is 38.6 Å². The van der Waals surface area contributed by atoms with Crippen LogP contribution in [0.25, 0.3) is 11.0 Å². The second-order valence-electron chi connectivity index (χ2n) is 4.51. The van der Waals surface area contributed by atoms with Gasteiger partial charge in [0.2, 0.25) is 0 Å². The maximum Gasteiger partial charge on any atom is 0.138 e. The molecule has 0 bridgehead atoms. The topological polar surface area (TPSA) is 93.5 Å². The molecular weight excluding hydrogens is 234 g/mol. The lowest BCUT2D eigenvalue weighted by atomic mass is 10.2. The molecule has 0 aliphatic carbocycles. The van der Waals surface area contributed by atoms with E-state index in [1.165, 1.54) is 0 Å². The van der Waals surface area contributed by atoms with Gasteiger partial charge in [-0.3, -0.25) is 0 Å². The predicted molar refractivity (Wildman–Crippen MR) is 65.8 cm³/mol. The highest BCUT2D eigenvalue weighted by Crippen LogP contribution is 2.31. The molecule has 18 heavy (non-hydrogen) atoms. The molecule has 1 fully saturated rings. The van der Waals surface area contributed by atoms with E-state index in [9.17, 15) is 5.11 Å². The number of aliphatic hydroxyl groups excluding tert-OH is 2. The van der Waals surface area contributed by atoms with Crippen LogP contribution >= 0.6 is 0 Å². The summed E-state index contributed by atoms with van der Waals surface area (Å²) in [5.74, 6) is 0. The van der Waals surface area contributed by atoms with E-state index in [-0.39, 0.29) is 12.8 Å². The average Bonchev–Trinajstić information content (AvgIpc) is 2.91. The summed E-state index contributed by atoms with van der Waals surface area (Å²) in [6.07, 6.45) is 0.600. The highest BCUT2D eigenvalue weighted by molar-refractivity contribution is 5.79. The third-order valence-corrected chi connectivity index (χ3v) is 3.29. The maximum absolute atomic E-state index is 9.74. The largest absolute Gasteiger partial charge is 0.399 e. The third-order valence-electron chi connectivity index (χ3n) is 3.29. The molecule has 1 aromatic heterocycles. The maximum atomic E-state index is 9.74. The fourth-order valence-corrected chi connectivity index (χ4v) is 2.32. The van der Waals surface area contributed by atoms with E-state index in [0.29, 0.717) is 12.1 Å². The van der Waals surface area contributed by atoms with Gasteiger partial charge in [-0.25, -0.2) is 4.98 Å². The van der Waals surface area contributed by atoms with Crippen LogP contribution in [0.1, 0.15) is 12.6 Å². The van der Waals surface area contributed by atoms with Crippen LogP contribution < -0.4 is 5.73 Å². The van der Waals surface area contributed by atoms with Crippen molar-refractivity contribution in [2.45, 2.75) is 24.9 Å². The van der Waals surface area contributed by atoms with Gasteiger partial charge in [0.25, 0.3) is 0 Å². The Morgan fingerprint density at radius 3 is 3.06 bits per heavy atom. The number of benzene rings is 1. The summed E-state index contributed by atoms with van der Waals surface area (Å²) in [6, 6.07) is 5.46. The Labute approximate surface area is 104 Å². The number of hydrogen-bond donors (Lipinski definition) is 3. The molecule has 0 spiro atoms. The molecule has 0 unspecified atom stereocenters. The monoisotopic (exact) mass is 249 g/mol. The van der Waals surface area contributed by atoms with Crippen molar-refractivity contribution in [3.05, 3.63) is 24.5 Å². The molecule has 0 radical (unpaired) electrons. The Bertz CT molecular complexity index is 569. The zero-order chi connectivity index (χ0) is 12.7. The second-order valence-corrected chi connectivity index (χ2v) is 4.51. The molecule has 0 saturated carbocycles. The summed E-state index contributed by atoms with van der Waals surface area (Å²) in [5, 5.41) is 18.8. The number of hydrogen-bond acceptors (Lipinski definition) is 5. The van der Waals surface area contributed by atoms with E-state index in [1.54, 1.807) is 12.4 Å². The molecule has 2 aromatic rings. The average molecular weight is 249 g/mol. The number of ether oxygens (including phenoxy) is 1. The van der Waals surface area contributed by atoms with Gasteiger partial charge in [-0.2, -0.15) is 0 Å². The van der Waals surface area contributed by atoms with Gasteiger partial charge in [-0.1, -0.05) is 0 Å². The van der Waals surface area contributed by atoms with Gasteiger partial charge in [-0.05, 0) is 18.2 Å². The molecule has 1 aliphatic rings. The minimum atomic E-state index is -0.654. The lowest BCUT2D eigenvalue weighted by Crippen LogP contribution is -2.24. The van der Waals surface area contributed by atoms with Crippen LogP contribution in [0.2, 0.25) is 0 Å². The molecule has 4 N–H and O–H groups in total.